The molecule has 0 aliphatic rings. The van der Waals surface area contributed by atoms with Crippen LogP contribution >= 0.6 is 0 Å². The van der Waals surface area contributed by atoms with E-state index in [9.17, 15) is 18.0 Å². The Bertz CT molecular complexity index is 1340. The number of anilines is 2. The summed E-state index contributed by atoms with van der Waals surface area (Å²) in [7, 11) is -4.04. The number of sulfonamides is 1. The quantitative estimate of drug-likeness (QED) is 0.379. The maximum absolute atomic E-state index is 13.7. The third-order valence-electron chi connectivity index (χ3n) is 5.78. The summed E-state index contributed by atoms with van der Waals surface area (Å²) in [4.78, 5) is 25.9. The Hall–Kier alpha value is -3.65. The van der Waals surface area contributed by atoms with Crippen LogP contribution in [-0.4, -0.2) is 33.3 Å². The molecule has 7 nitrogen and oxygen atoms in total. The fourth-order valence-corrected chi connectivity index (χ4v) is 5.29. The number of benzene rings is 3. The van der Waals surface area contributed by atoms with E-state index in [-0.39, 0.29) is 10.8 Å². The summed E-state index contributed by atoms with van der Waals surface area (Å²) in [5.41, 5.74) is 3.71. The van der Waals surface area contributed by atoms with Gasteiger partial charge in [0.15, 0.2) is 0 Å². The van der Waals surface area contributed by atoms with E-state index in [4.69, 9.17) is 0 Å². The van der Waals surface area contributed by atoms with Crippen molar-refractivity contribution in [3.05, 3.63) is 89.0 Å². The van der Waals surface area contributed by atoms with Crippen molar-refractivity contribution < 1.29 is 18.0 Å². The number of hydrogen-bond donors (Lipinski definition) is 2. The van der Waals surface area contributed by atoms with Crippen molar-refractivity contribution in [2.75, 3.05) is 22.7 Å². The SMILES string of the molecule is CCCCNC(=O)c1ccccc1NC(=O)CN(c1ccc(C)cc1C)S(=O)(=O)c1ccc(C)cc1. The highest BCUT2D eigenvalue weighted by molar-refractivity contribution is 7.92. The second kappa shape index (κ2) is 11.9. The molecule has 0 aliphatic carbocycles. The van der Waals surface area contributed by atoms with Gasteiger partial charge in [0.2, 0.25) is 5.91 Å². The first-order valence-corrected chi connectivity index (χ1v) is 13.4. The normalized spacial score (nSPS) is 11.1. The van der Waals surface area contributed by atoms with Crippen molar-refractivity contribution in [1.29, 1.82) is 0 Å². The summed E-state index contributed by atoms with van der Waals surface area (Å²) in [6.07, 6.45) is 1.80. The number of nitrogens with one attached hydrogen (secondary N) is 2. The lowest BCUT2D eigenvalue weighted by atomic mass is 10.1. The third kappa shape index (κ3) is 6.51. The number of para-hydroxylation sites is 1. The average Bonchev–Trinajstić information content (AvgIpc) is 2.83. The zero-order valence-electron chi connectivity index (χ0n) is 21.2. The minimum atomic E-state index is -4.04. The van der Waals surface area contributed by atoms with Crippen molar-refractivity contribution in [1.82, 2.24) is 5.32 Å². The first-order chi connectivity index (χ1) is 17.1. The Balaban J connectivity index is 1.92. The summed E-state index contributed by atoms with van der Waals surface area (Å²) in [6.45, 7) is 7.73. The molecule has 0 radical (unpaired) electrons. The molecule has 0 aliphatic heterocycles. The van der Waals surface area contributed by atoms with E-state index >= 15 is 0 Å². The number of hydrogen-bond acceptors (Lipinski definition) is 4. The molecular weight excluding hydrogens is 474 g/mol. The first kappa shape index (κ1) is 26.9. The molecule has 3 aromatic carbocycles. The lowest BCUT2D eigenvalue weighted by molar-refractivity contribution is -0.114. The predicted octanol–water partition coefficient (Wildman–Crippen LogP) is 4.98. The lowest BCUT2D eigenvalue weighted by Crippen LogP contribution is -2.39. The van der Waals surface area contributed by atoms with Crippen LogP contribution in [0.3, 0.4) is 0 Å². The number of nitrogens with zero attached hydrogens (tertiary/aromatic N) is 1. The maximum atomic E-state index is 13.7. The van der Waals surface area contributed by atoms with E-state index < -0.39 is 22.5 Å². The molecule has 0 saturated heterocycles. The molecule has 3 rings (SSSR count). The molecule has 36 heavy (non-hydrogen) atoms. The van der Waals surface area contributed by atoms with Crippen molar-refractivity contribution in [3.63, 3.8) is 0 Å². The molecule has 2 N–H and O–H groups in total. The predicted molar refractivity (Wildman–Crippen MR) is 144 cm³/mol. The molecule has 0 aromatic heterocycles. The standard InChI is InChI=1S/C28H33N3O4S/c1-5-6-17-29-28(33)24-9-7-8-10-25(24)30-27(32)19-31(26-16-13-21(3)18-22(26)4)36(34,35)23-14-11-20(2)12-15-23/h7-16,18H,5-6,17,19H2,1-4H3,(H,29,33)(H,30,32). The van der Waals surface area contributed by atoms with Gasteiger partial charge < -0.3 is 10.6 Å². The number of carbonyl (C=O) groups excluding carboxylic acids is 2. The Morgan fingerprint density at radius 3 is 2.22 bits per heavy atom. The van der Waals surface area contributed by atoms with Gasteiger partial charge in [0, 0.05) is 6.54 Å². The summed E-state index contributed by atoms with van der Waals surface area (Å²) < 4.78 is 28.5. The molecule has 8 heteroatoms. The van der Waals surface area contributed by atoms with Gasteiger partial charge in [-0.2, -0.15) is 0 Å². The fourth-order valence-electron chi connectivity index (χ4n) is 3.81. The molecule has 0 spiro atoms. The van der Waals surface area contributed by atoms with Crippen LogP contribution in [0, 0.1) is 20.8 Å². The van der Waals surface area contributed by atoms with Crippen molar-refractivity contribution in [2.45, 2.75) is 45.4 Å². The average molecular weight is 508 g/mol. The van der Waals surface area contributed by atoms with E-state index in [0.717, 1.165) is 33.8 Å². The summed E-state index contributed by atoms with van der Waals surface area (Å²) in [5.74, 6) is -0.850. The van der Waals surface area contributed by atoms with Crippen molar-refractivity contribution in [3.8, 4) is 0 Å². The second-order valence-electron chi connectivity index (χ2n) is 8.82. The largest absolute Gasteiger partial charge is 0.352 e. The highest BCUT2D eigenvalue weighted by Gasteiger charge is 2.28. The zero-order valence-corrected chi connectivity index (χ0v) is 22.0. The molecule has 0 unspecified atom stereocenters. The van der Waals surface area contributed by atoms with E-state index in [2.05, 4.69) is 10.6 Å². The minimum absolute atomic E-state index is 0.0941. The van der Waals surface area contributed by atoms with Crippen LogP contribution in [0.4, 0.5) is 11.4 Å². The van der Waals surface area contributed by atoms with Crippen molar-refractivity contribution >= 4 is 33.2 Å². The minimum Gasteiger partial charge on any atom is -0.352 e. The van der Waals surface area contributed by atoms with Crippen LogP contribution in [0.25, 0.3) is 0 Å². The van der Waals surface area contributed by atoms with Crippen molar-refractivity contribution in [2.24, 2.45) is 0 Å². The Kier molecular flexibility index (Phi) is 8.88. The lowest BCUT2D eigenvalue weighted by Gasteiger charge is -2.26. The highest BCUT2D eigenvalue weighted by Crippen LogP contribution is 2.28. The molecule has 0 saturated carbocycles. The highest BCUT2D eigenvalue weighted by atomic mass is 32.2. The van der Waals surface area contributed by atoms with Gasteiger partial charge in [-0.25, -0.2) is 8.42 Å². The number of aryl methyl sites for hydroxylation is 3. The summed E-state index contributed by atoms with van der Waals surface area (Å²) in [5, 5.41) is 5.59. The second-order valence-corrected chi connectivity index (χ2v) is 10.7. The number of amides is 2. The molecule has 190 valence electrons. The first-order valence-electron chi connectivity index (χ1n) is 12.0. The summed E-state index contributed by atoms with van der Waals surface area (Å²) in [6, 6.07) is 18.6. The Morgan fingerprint density at radius 2 is 1.56 bits per heavy atom. The molecule has 0 heterocycles. The number of carbonyl (C=O) groups is 2. The van der Waals surface area contributed by atoms with Gasteiger partial charge in [-0.15, -0.1) is 0 Å². The van der Waals surface area contributed by atoms with E-state index in [1.807, 2.05) is 39.8 Å². The summed E-state index contributed by atoms with van der Waals surface area (Å²) >= 11 is 0. The topological polar surface area (TPSA) is 95.6 Å². The van der Waals surface area contributed by atoms with E-state index in [0.29, 0.717) is 23.5 Å². The van der Waals surface area contributed by atoms with Crippen LogP contribution in [-0.2, 0) is 14.8 Å². The third-order valence-corrected chi connectivity index (χ3v) is 7.55. The van der Waals surface area contributed by atoms with Gasteiger partial charge in [0.1, 0.15) is 6.54 Å². The van der Waals surface area contributed by atoms with E-state index in [1.54, 1.807) is 42.5 Å². The van der Waals surface area contributed by atoms with Crippen LogP contribution in [0.1, 0.15) is 46.8 Å². The van der Waals surface area contributed by atoms with Crippen LogP contribution < -0.4 is 14.9 Å². The molecular formula is C28H33N3O4S. The van der Waals surface area contributed by atoms with Gasteiger partial charge >= 0.3 is 0 Å². The Labute approximate surface area is 213 Å². The number of rotatable bonds is 10. The molecule has 0 bridgehead atoms. The fraction of sp³-hybridized carbons (Fsp3) is 0.286. The van der Waals surface area contributed by atoms with Crippen LogP contribution in [0.5, 0.6) is 0 Å². The van der Waals surface area contributed by atoms with Crippen LogP contribution in [0.2, 0.25) is 0 Å². The van der Waals surface area contributed by atoms with Gasteiger partial charge in [-0.1, -0.05) is 60.9 Å². The monoisotopic (exact) mass is 507 g/mol. The molecule has 2 amide bonds. The molecule has 0 atom stereocenters. The smallest absolute Gasteiger partial charge is 0.264 e. The van der Waals surface area contributed by atoms with Gasteiger partial charge in [0.25, 0.3) is 15.9 Å². The van der Waals surface area contributed by atoms with Gasteiger partial charge in [-0.05, 0) is 63.1 Å². The van der Waals surface area contributed by atoms with Gasteiger partial charge in [0.05, 0.1) is 21.8 Å². The molecule has 0 fully saturated rings. The maximum Gasteiger partial charge on any atom is 0.264 e. The van der Waals surface area contributed by atoms with Crippen LogP contribution in [0.15, 0.2) is 71.6 Å². The van der Waals surface area contributed by atoms with E-state index in [1.165, 1.54) is 12.1 Å². The van der Waals surface area contributed by atoms with Gasteiger partial charge in [-0.3, -0.25) is 13.9 Å². The number of unbranched alkanes of at least 4 members (excludes halogenated alkanes) is 1. The Morgan fingerprint density at radius 1 is 0.889 bits per heavy atom. The molecule has 3 aromatic rings. The zero-order chi connectivity index (χ0) is 26.3.